The summed E-state index contributed by atoms with van der Waals surface area (Å²) in [5.74, 6) is 0.170. The van der Waals surface area contributed by atoms with Crippen molar-refractivity contribution in [2.45, 2.75) is 6.92 Å². The molecule has 0 aliphatic rings. The number of rotatable bonds is 5. The Kier molecular flexibility index (Phi) is 4.44. The molecule has 0 aliphatic carbocycles. The smallest absolute Gasteiger partial charge is 0.262 e. The molecule has 0 aliphatic heterocycles. The highest BCUT2D eigenvalue weighted by Gasteiger charge is 2.05. The molecule has 2 aromatic rings. The molecule has 1 N–H and O–H groups in total. The Hall–Kier alpha value is -2.69. The largest absolute Gasteiger partial charge is 0.484 e. The van der Waals surface area contributed by atoms with Crippen LogP contribution in [0.5, 0.6) is 5.75 Å². The zero-order valence-corrected chi connectivity index (χ0v) is 11.0. The van der Waals surface area contributed by atoms with Gasteiger partial charge < -0.3 is 10.1 Å². The van der Waals surface area contributed by atoms with E-state index in [-0.39, 0.29) is 18.3 Å². The Morgan fingerprint density at radius 2 is 1.95 bits per heavy atom. The fourth-order valence-electron chi connectivity index (χ4n) is 1.59. The number of ketones is 1. The van der Waals surface area contributed by atoms with Crippen molar-refractivity contribution < 1.29 is 14.3 Å². The van der Waals surface area contributed by atoms with Gasteiger partial charge in [-0.15, -0.1) is 0 Å². The predicted molar refractivity (Wildman–Crippen MR) is 74.8 cm³/mol. The zero-order chi connectivity index (χ0) is 14.4. The van der Waals surface area contributed by atoms with Gasteiger partial charge in [0.1, 0.15) is 5.75 Å². The van der Waals surface area contributed by atoms with Crippen LogP contribution in [0.1, 0.15) is 17.3 Å². The van der Waals surface area contributed by atoms with E-state index >= 15 is 0 Å². The standard InChI is InChI=1S/C15H14N2O3/c1-11(18)12-3-2-4-14(9-12)20-10-15(19)17-13-5-7-16-8-6-13/h2-9H,10H2,1H3,(H,16,17,19). The van der Waals surface area contributed by atoms with Crippen LogP contribution in [0, 0.1) is 0 Å². The number of carbonyl (C=O) groups excluding carboxylic acids is 2. The first kappa shape index (κ1) is 13.7. The predicted octanol–water partition coefficient (Wildman–Crippen LogP) is 2.30. The van der Waals surface area contributed by atoms with E-state index in [2.05, 4.69) is 10.3 Å². The van der Waals surface area contributed by atoms with Gasteiger partial charge in [-0.05, 0) is 31.2 Å². The average molecular weight is 270 g/mol. The summed E-state index contributed by atoms with van der Waals surface area (Å²) in [5, 5.41) is 2.68. The van der Waals surface area contributed by atoms with Crippen LogP contribution in [0.4, 0.5) is 5.69 Å². The van der Waals surface area contributed by atoms with Crippen LogP contribution in [0.2, 0.25) is 0 Å². The molecule has 1 aromatic heterocycles. The number of aromatic nitrogens is 1. The number of ether oxygens (including phenoxy) is 1. The molecule has 0 saturated carbocycles. The zero-order valence-electron chi connectivity index (χ0n) is 11.0. The topological polar surface area (TPSA) is 68.3 Å². The Balaban J connectivity index is 1.90. The molecular formula is C15H14N2O3. The first-order chi connectivity index (χ1) is 9.65. The quantitative estimate of drug-likeness (QED) is 0.846. The number of carbonyl (C=O) groups is 2. The van der Waals surface area contributed by atoms with Crippen molar-refractivity contribution >= 4 is 17.4 Å². The monoisotopic (exact) mass is 270 g/mol. The highest BCUT2D eigenvalue weighted by Crippen LogP contribution is 2.13. The molecule has 1 aromatic carbocycles. The van der Waals surface area contributed by atoms with Crippen molar-refractivity contribution in [3.63, 3.8) is 0 Å². The minimum atomic E-state index is -0.274. The highest BCUT2D eigenvalue weighted by molar-refractivity contribution is 5.94. The van der Waals surface area contributed by atoms with Gasteiger partial charge in [0.15, 0.2) is 12.4 Å². The third-order valence-electron chi connectivity index (χ3n) is 2.57. The molecule has 1 amide bonds. The number of hydrogen-bond acceptors (Lipinski definition) is 4. The van der Waals surface area contributed by atoms with Crippen LogP contribution in [0.15, 0.2) is 48.8 Å². The number of benzene rings is 1. The normalized spacial score (nSPS) is 9.85. The van der Waals surface area contributed by atoms with Gasteiger partial charge in [-0.3, -0.25) is 14.6 Å². The molecule has 5 heteroatoms. The van der Waals surface area contributed by atoms with Crippen molar-refractivity contribution in [3.8, 4) is 5.75 Å². The van der Waals surface area contributed by atoms with E-state index < -0.39 is 0 Å². The minimum absolute atomic E-state index is 0.0447. The van der Waals surface area contributed by atoms with Gasteiger partial charge in [0, 0.05) is 23.6 Å². The lowest BCUT2D eigenvalue weighted by atomic mass is 10.1. The molecule has 0 fully saturated rings. The summed E-state index contributed by atoms with van der Waals surface area (Å²) in [6.07, 6.45) is 3.18. The molecular weight excluding hydrogens is 256 g/mol. The maximum Gasteiger partial charge on any atom is 0.262 e. The lowest BCUT2D eigenvalue weighted by molar-refractivity contribution is -0.118. The van der Waals surface area contributed by atoms with Gasteiger partial charge >= 0.3 is 0 Å². The number of amides is 1. The minimum Gasteiger partial charge on any atom is -0.484 e. The maximum atomic E-state index is 11.7. The molecule has 0 unspecified atom stereocenters. The van der Waals surface area contributed by atoms with Crippen LogP contribution in [-0.4, -0.2) is 23.3 Å². The van der Waals surface area contributed by atoms with Gasteiger partial charge in [-0.2, -0.15) is 0 Å². The van der Waals surface area contributed by atoms with Gasteiger partial charge in [0.05, 0.1) is 0 Å². The third kappa shape index (κ3) is 3.91. The molecule has 1 heterocycles. The number of anilines is 1. The summed E-state index contributed by atoms with van der Waals surface area (Å²) in [6, 6.07) is 10.1. The van der Waals surface area contributed by atoms with Gasteiger partial charge in [0.2, 0.25) is 0 Å². The number of hydrogen-bond donors (Lipinski definition) is 1. The van der Waals surface area contributed by atoms with Crippen molar-refractivity contribution in [1.29, 1.82) is 0 Å². The molecule has 0 radical (unpaired) electrons. The molecule has 20 heavy (non-hydrogen) atoms. The Morgan fingerprint density at radius 1 is 1.20 bits per heavy atom. The Morgan fingerprint density at radius 3 is 2.65 bits per heavy atom. The van der Waals surface area contributed by atoms with Crippen LogP contribution < -0.4 is 10.1 Å². The van der Waals surface area contributed by atoms with Gasteiger partial charge in [-0.25, -0.2) is 0 Å². The van der Waals surface area contributed by atoms with Crippen molar-refractivity contribution in [2.24, 2.45) is 0 Å². The Labute approximate surface area is 116 Å². The summed E-state index contributed by atoms with van der Waals surface area (Å²) >= 11 is 0. The number of pyridine rings is 1. The van der Waals surface area contributed by atoms with Crippen molar-refractivity contribution in [3.05, 3.63) is 54.4 Å². The summed E-state index contributed by atoms with van der Waals surface area (Å²) < 4.78 is 5.35. The summed E-state index contributed by atoms with van der Waals surface area (Å²) in [6.45, 7) is 1.36. The van der Waals surface area contributed by atoms with Crippen LogP contribution >= 0.6 is 0 Å². The lowest BCUT2D eigenvalue weighted by Crippen LogP contribution is -2.20. The van der Waals surface area contributed by atoms with Gasteiger partial charge in [0.25, 0.3) is 5.91 Å². The van der Waals surface area contributed by atoms with Crippen LogP contribution in [0.25, 0.3) is 0 Å². The van der Waals surface area contributed by atoms with E-state index in [1.165, 1.54) is 6.92 Å². The van der Waals surface area contributed by atoms with E-state index in [1.807, 2.05) is 0 Å². The second kappa shape index (κ2) is 6.47. The average Bonchev–Trinajstić information content (AvgIpc) is 2.46. The molecule has 5 nitrogen and oxygen atoms in total. The second-order valence-electron chi connectivity index (χ2n) is 4.16. The number of nitrogens with zero attached hydrogens (tertiary/aromatic N) is 1. The molecule has 102 valence electrons. The molecule has 2 rings (SSSR count). The summed E-state index contributed by atoms with van der Waals surface area (Å²) in [7, 11) is 0. The van der Waals surface area contributed by atoms with Crippen LogP contribution in [-0.2, 0) is 4.79 Å². The molecule has 0 bridgehead atoms. The van der Waals surface area contributed by atoms with Crippen molar-refractivity contribution in [1.82, 2.24) is 4.98 Å². The van der Waals surface area contributed by atoms with E-state index in [0.717, 1.165) is 0 Å². The highest BCUT2D eigenvalue weighted by atomic mass is 16.5. The molecule has 0 spiro atoms. The van der Waals surface area contributed by atoms with Crippen LogP contribution in [0.3, 0.4) is 0 Å². The number of Topliss-reactive ketones (excluding diaryl/α,β-unsaturated/α-hetero) is 1. The SMILES string of the molecule is CC(=O)c1cccc(OCC(=O)Nc2ccncc2)c1. The fraction of sp³-hybridized carbons (Fsp3) is 0.133. The molecule has 0 atom stereocenters. The summed E-state index contributed by atoms with van der Waals surface area (Å²) in [4.78, 5) is 26.8. The lowest BCUT2D eigenvalue weighted by Gasteiger charge is -2.08. The van der Waals surface area contributed by atoms with Crippen molar-refractivity contribution in [2.75, 3.05) is 11.9 Å². The maximum absolute atomic E-state index is 11.7. The van der Waals surface area contributed by atoms with E-state index in [4.69, 9.17) is 4.74 Å². The molecule has 0 saturated heterocycles. The van der Waals surface area contributed by atoms with E-state index in [9.17, 15) is 9.59 Å². The Bertz CT molecular complexity index is 612. The second-order valence-corrected chi connectivity index (χ2v) is 4.16. The first-order valence-corrected chi connectivity index (χ1v) is 6.09. The first-order valence-electron chi connectivity index (χ1n) is 6.09. The van der Waals surface area contributed by atoms with E-state index in [1.54, 1.807) is 48.8 Å². The third-order valence-corrected chi connectivity index (χ3v) is 2.57. The van der Waals surface area contributed by atoms with Gasteiger partial charge in [-0.1, -0.05) is 12.1 Å². The summed E-state index contributed by atoms with van der Waals surface area (Å²) in [5.41, 5.74) is 1.21. The van der Waals surface area contributed by atoms with E-state index in [0.29, 0.717) is 17.0 Å². The number of nitrogens with one attached hydrogen (secondary N) is 1. The fourth-order valence-corrected chi connectivity index (χ4v) is 1.59.